The molecule has 4 nitrogen and oxygen atoms in total. The molecule has 1 heterocycles. The molecule has 1 aliphatic heterocycles. The monoisotopic (exact) mass is 327 g/mol. The number of carbonyl (C=O) groups excluding carboxylic acids is 1. The average molecular weight is 328 g/mol. The van der Waals surface area contributed by atoms with Crippen molar-refractivity contribution in [3.05, 3.63) is 28.7 Å². The fraction of sp³-hybridized carbons (Fsp3) is 0.500. The number of carbonyl (C=O) groups is 1. The number of anilines is 1. The molecule has 1 amide bonds. The first kappa shape index (κ1) is 14.5. The van der Waals surface area contributed by atoms with E-state index in [4.69, 9.17) is 9.47 Å². The molecule has 1 fully saturated rings. The second-order valence-corrected chi connectivity index (χ2v) is 5.43. The topological polar surface area (TPSA) is 47.6 Å². The highest BCUT2D eigenvalue weighted by molar-refractivity contribution is 9.10. The third kappa shape index (κ3) is 5.30. The van der Waals surface area contributed by atoms with E-state index in [1.54, 1.807) is 0 Å². The van der Waals surface area contributed by atoms with Crippen molar-refractivity contribution >= 4 is 27.5 Å². The zero-order valence-electron chi connectivity index (χ0n) is 10.7. The molecule has 1 N–H and O–H groups in total. The van der Waals surface area contributed by atoms with Crippen LogP contribution < -0.4 is 5.32 Å². The van der Waals surface area contributed by atoms with Crippen LogP contribution in [0.5, 0.6) is 0 Å². The summed E-state index contributed by atoms with van der Waals surface area (Å²) in [6.45, 7) is 1.85. The molecule has 1 saturated heterocycles. The largest absolute Gasteiger partial charge is 0.378 e. The van der Waals surface area contributed by atoms with E-state index in [1.807, 2.05) is 24.3 Å². The third-order valence-electron chi connectivity index (χ3n) is 2.93. The molecule has 104 valence electrons. The predicted molar refractivity (Wildman–Crippen MR) is 77.2 cm³/mol. The van der Waals surface area contributed by atoms with E-state index in [2.05, 4.69) is 21.2 Å². The van der Waals surface area contributed by atoms with Gasteiger partial charge in [-0.3, -0.25) is 4.79 Å². The second-order valence-electron chi connectivity index (χ2n) is 4.52. The van der Waals surface area contributed by atoms with Gasteiger partial charge in [-0.15, -0.1) is 0 Å². The molecule has 1 atom stereocenters. The van der Waals surface area contributed by atoms with Gasteiger partial charge in [0.05, 0.1) is 25.7 Å². The van der Waals surface area contributed by atoms with Crippen LogP contribution in [0.25, 0.3) is 0 Å². The van der Waals surface area contributed by atoms with Gasteiger partial charge in [-0.1, -0.05) is 15.9 Å². The Labute approximate surface area is 121 Å². The SMILES string of the molecule is O=C(CCOC[C@H]1CCCO1)Nc1ccc(Br)cc1. The Morgan fingerprint density at radius 2 is 2.21 bits per heavy atom. The van der Waals surface area contributed by atoms with Crippen molar-refractivity contribution in [2.45, 2.75) is 25.4 Å². The quantitative estimate of drug-likeness (QED) is 0.817. The van der Waals surface area contributed by atoms with E-state index < -0.39 is 0 Å². The molecular weight excluding hydrogens is 310 g/mol. The molecule has 0 aliphatic carbocycles. The van der Waals surface area contributed by atoms with Crippen LogP contribution in [0.15, 0.2) is 28.7 Å². The first-order chi connectivity index (χ1) is 9.24. The molecule has 0 aromatic heterocycles. The van der Waals surface area contributed by atoms with Gasteiger partial charge >= 0.3 is 0 Å². The maximum Gasteiger partial charge on any atom is 0.226 e. The molecular formula is C14H18BrNO3. The summed E-state index contributed by atoms with van der Waals surface area (Å²) in [5, 5.41) is 2.83. The Kier molecular flexibility index (Phi) is 5.82. The van der Waals surface area contributed by atoms with Crippen molar-refractivity contribution in [1.82, 2.24) is 0 Å². The minimum Gasteiger partial charge on any atom is -0.378 e. The van der Waals surface area contributed by atoms with Gasteiger partial charge in [-0.2, -0.15) is 0 Å². The lowest BCUT2D eigenvalue weighted by atomic mass is 10.2. The van der Waals surface area contributed by atoms with Crippen LogP contribution in [0.1, 0.15) is 19.3 Å². The smallest absolute Gasteiger partial charge is 0.226 e. The lowest BCUT2D eigenvalue weighted by Gasteiger charge is -2.10. The Balaban J connectivity index is 1.60. The number of hydrogen-bond acceptors (Lipinski definition) is 3. The summed E-state index contributed by atoms with van der Waals surface area (Å²) in [6, 6.07) is 7.50. The van der Waals surface area contributed by atoms with Crippen LogP contribution in [0.4, 0.5) is 5.69 Å². The highest BCUT2D eigenvalue weighted by Gasteiger charge is 2.15. The average Bonchev–Trinajstić information content (AvgIpc) is 2.91. The second kappa shape index (κ2) is 7.62. The molecule has 5 heteroatoms. The molecule has 0 radical (unpaired) electrons. The summed E-state index contributed by atoms with van der Waals surface area (Å²) in [5.74, 6) is -0.0327. The Morgan fingerprint density at radius 3 is 2.89 bits per heavy atom. The van der Waals surface area contributed by atoms with Crippen molar-refractivity contribution in [2.75, 3.05) is 25.1 Å². The van der Waals surface area contributed by atoms with Crippen LogP contribution in [0, 0.1) is 0 Å². The normalized spacial score (nSPS) is 18.5. The highest BCUT2D eigenvalue weighted by atomic mass is 79.9. The fourth-order valence-electron chi connectivity index (χ4n) is 1.91. The van der Waals surface area contributed by atoms with Crippen molar-refractivity contribution < 1.29 is 14.3 Å². The lowest BCUT2D eigenvalue weighted by Crippen LogP contribution is -2.18. The third-order valence-corrected chi connectivity index (χ3v) is 3.46. The maximum absolute atomic E-state index is 11.7. The minimum atomic E-state index is -0.0327. The predicted octanol–water partition coefficient (Wildman–Crippen LogP) is 2.97. The first-order valence-corrected chi connectivity index (χ1v) is 7.28. The standard InChI is InChI=1S/C14H18BrNO3/c15-11-3-5-12(6-4-11)16-14(17)7-9-18-10-13-2-1-8-19-13/h3-6,13H,1-2,7-10H2,(H,16,17)/t13-/m1/s1. The van der Waals surface area contributed by atoms with Crippen molar-refractivity contribution in [1.29, 1.82) is 0 Å². The number of rotatable bonds is 6. The number of amides is 1. The number of nitrogens with one attached hydrogen (secondary N) is 1. The zero-order valence-corrected chi connectivity index (χ0v) is 12.3. The summed E-state index contributed by atoms with van der Waals surface area (Å²) < 4.78 is 11.9. The van der Waals surface area contributed by atoms with Crippen molar-refractivity contribution in [2.24, 2.45) is 0 Å². The molecule has 1 aliphatic rings. The van der Waals surface area contributed by atoms with Crippen molar-refractivity contribution in [3.63, 3.8) is 0 Å². The zero-order chi connectivity index (χ0) is 13.5. The van der Waals surface area contributed by atoms with Crippen LogP contribution in [0.2, 0.25) is 0 Å². The summed E-state index contributed by atoms with van der Waals surface area (Å²) in [4.78, 5) is 11.7. The molecule has 1 aromatic carbocycles. The Morgan fingerprint density at radius 1 is 1.42 bits per heavy atom. The van der Waals surface area contributed by atoms with E-state index in [1.165, 1.54) is 0 Å². The van der Waals surface area contributed by atoms with E-state index >= 15 is 0 Å². The van der Waals surface area contributed by atoms with Gasteiger partial charge in [0.2, 0.25) is 5.91 Å². The maximum atomic E-state index is 11.7. The number of hydrogen-bond donors (Lipinski definition) is 1. The first-order valence-electron chi connectivity index (χ1n) is 6.49. The van der Waals surface area contributed by atoms with Crippen molar-refractivity contribution in [3.8, 4) is 0 Å². The highest BCUT2D eigenvalue weighted by Crippen LogP contribution is 2.14. The molecule has 0 spiro atoms. The van der Waals surface area contributed by atoms with Gasteiger partial charge in [-0.05, 0) is 37.1 Å². The van der Waals surface area contributed by atoms with Gasteiger partial charge in [0.1, 0.15) is 0 Å². The molecule has 2 rings (SSSR count). The molecule has 0 unspecified atom stereocenters. The summed E-state index contributed by atoms with van der Waals surface area (Å²) in [5.41, 5.74) is 0.798. The molecule has 1 aromatic rings. The molecule has 0 saturated carbocycles. The Bertz CT molecular complexity index is 402. The minimum absolute atomic E-state index is 0.0327. The van der Waals surface area contributed by atoms with E-state index in [9.17, 15) is 4.79 Å². The summed E-state index contributed by atoms with van der Waals surface area (Å²) in [6.07, 6.45) is 2.75. The molecule has 0 bridgehead atoms. The molecule has 19 heavy (non-hydrogen) atoms. The van der Waals surface area contributed by atoms with Gasteiger partial charge in [0.25, 0.3) is 0 Å². The summed E-state index contributed by atoms with van der Waals surface area (Å²) in [7, 11) is 0. The van der Waals surface area contributed by atoms with Crippen LogP contribution in [-0.4, -0.2) is 31.8 Å². The van der Waals surface area contributed by atoms with E-state index in [0.717, 1.165) is 29.6 Å². The van der Waals surface area contributed by atoms with Gasteiger partial charge in [0.15, 0.2) is 0 Å². The fourth-order valence-corrected chi connectivity index (χ4v) is 2.18. The lowest BCUT2D eigenvalue weighted by molar-refractivity contribution is -0.117. The number of benzene rings is 1. The van der Waals surface area contributed by atoms with E-state index in [0.29, 0.717) is 19.6 Å². The van der Waals surface area contributed by atoms with Crippen LogP contribution in [0.3, 0.4) is 0 Å². The van der Waals surface area contributed by atoms with Gasteiger partial charge < -0.3 is 14.8 Å². The van der Waals surface area contributed by atoms with Gasteiger partial charge in [-0.25, -0.2) is 0 Å². The number of halogens is 1. The van der Waals surface area contributed by atoms with Crippen LogP contribution in [-0.2, 0) is 14.3 Å². The number of ether oxygens (including phenoxy) is 2. The Hall–Kier alpha value is -0.910. The summed E-state index contributed by atoms with van der Waals surface area (Å²) >= 11 is 3.35. The van der Waals surface area contributed by atoms with E-state index in [-0.39, 0.29) is 12.0 Å². The van der Waals surface area contributed by atoms with Crippen LogP contribution >= 0.6 is 15.9 Å². The van der Waals surface area contributed by atoms with Gasteiger partial charge in [0, 0.05) is 16.8 Å².